The fourth-order valence-corrected chi connectivity index (χ4v) is 3.26. The van der Waals surface area contributed by atoms with Crippen LogP contribution in [0.5, 0.6) is 0 Å². The van der Waals surface area contributed by atoms with E-state index in [4.69, 9.17) is 0 Å². The lowest BCUT2D eigenvalue weighted by atomic mass is 9.83. The average Bonchev–Trinajstić information content (AvgIpc) is 2.58. The Kier molecular flexibility index (Phi) is 4.97. The molecule has 0 heterocycles. The highest BCUT2D eigenvalue weighted by Crippen LogP contribution is 2.32. The van der Waals surface area contributed by atoms with Crippen LogP contribution in [0.25, 0.3) is 0 Å². The fraction of sp³-hybridized carbons (Fsp3) is 0.533. The molecule has 4 heteroatoms. The van der Waals surface area contributed by atoms with Crippen molar-refractivity contribution in [3.05, 3.63) is 34.1 Å². The monoisotopic (exact) mass is 328 g/mol. The van der Waals surface area contributed by atoms with Gasteiger partial charge in [-0.05, 0) is 42.9 Å². The summed E-state index contributed by atoms with van der Waals surface area (Å²) in [6, 6.07) is 5.01. The van der Waals surface area contributed by atoms with Gasteiger partial charge >= 0.3 is 5.97 Å². The number of aliphatic carboxylic acids is 1. The third kappa shape index (κ3) is 3.78. The zero-order valence-corrected chi connectivity index (χ0v) is 12.3. The number of carboxylic acids is 1. The van der Waals surface area contributed by atoms with E-state index in [0.717, 1.165) is 32.1 Å². The van der Waals surface area contributed by atoms with E-state index >= 15 is 0 Å². The van der Waals surface area contributed by atoms with E-state index in [1.54, 1.807) is 6.07 Å². The Morgan fingerprint density at radius 3 is 2.74 bits per heavy atom. The molecule has 1 saturated carbocycles. The van der Waals surface area contributed by atoms with Crippen molar-refractivity contribution in [3.8, 4) is 0 Å². The topological polar surface area (TPSA) is 37.3 Å². The van der Waals surface area contributed by atoms with Crippen molar-refractivity contribution in [2.45, 2.75) is 38.5 Å². The van der Waals surface area contributed by atoms with E-state index in [1.165, 1.54) is 6.07 Å². The Balaban J connectivity index is 2.16. The minimum Gasteiger partial charge on any atom is -0.481 e. The predicted molar refractivity (Wildman–Crippen MR) is 75.5 cm³/mol. The summed E-state index contributed by atoms with van der Waals surface area (Å²) in [4.78, 5) is 11.3. The van der Waals surface area contributed by atoms with Gasteiger partial charge in [0.15, 0.2) is 0 Å². The first-order valence-electron chi connectivity index (χ1n) is 6.74. The van der Waals surface area contributed by atoms with E-state index in [9.17, 15) is 14.3 Å². The van der Waals surface area contributed by atoms with Crippen LogP contribution in [0.2, 0.25) is 0 Å². The van der Waals surface area contributed by atoms with Crippen LogP contribution in [0.4, 0.5) is 4.39 Å². The van der Waals surface area contributed by atoms with Crippen molar-refractivity contribution in [1.82, 2.24) is 0 Å². The van der Waals surface area contributed by atoms with Crippen molar-refractivity contribution in [2.24, 2.45) is 11.8 Å². The molecular weight excluding hydrogens is 311 g/mol. The molecule has 2 atom stereocenters. The van der Waals surface area contributed by atoms with Crippen LogP contribution >= 0.6 is 15.9 Å². The molecule has 1 aromatic carbocycles. The molecule has 0 spiro atoms. The smallest absolute Gasteiger partial charge is 0.306 e. The summed E-state index contributed by atoms with van der Waals surface area (Å²) in [5, 5.41) is 9.32. The lowest BCUT2D eigenvalue weighted by molar-refractivity contribution is -0.143. The second-order valence-electron chi connectivity index (χ2n) is 5.28. The Bertz CT molecular complexity index is 461. The molecule has 104 valence electrons. The van der Waals surface area contributed by atoms with E-state index < -0.39 is 5.97 Å². The van der Waals surface area contributed by atoms with E-state index in [0.29, 0.717) is 16.5 Å². The van der Waals surface area contributed by atoms with Crippen LogP contribution in [0.3, 0.4) is 0 Å². The molecule has 0 bridgehead atoms. The Labute approximate surface area is 121 Å². The van der Waals surface area contributed by atoms with Gasteiger partial charge in [-0.25, -0.2) is 4.39 Å². The van der Waals surface area contributed by atoms with Crippen molar-refractivity contribution in [2.75, 3.05) is 0 Å². The van der Waals surface area contributed by atoms with Crippen molar-refractivity contribution >= 4 is 21.9 Å². The molecule has 2 unspecified atom stereocenters. The molecule has 2 nitrogen and oxygen atoms in total. The third-order valence-electron chi connectivity index (χ3n) is 3.97. The standard InChI is InChI=1S/C15H18BrFO2/c16-12-7-6-11(14(17)9-12)8-10-4-2-1-3-5-13(10)15(18)19/h6-7,9-10,13H,1-5,8H2,(H,18,19). The van der Waals surface area contributed by atoms with Gasteiger partial charge in [0, 0.05) is 4.47 Å². The normalized spacial score (nSPS) is 23.9. The quantitative estimate of drug-likeness (QED) is 0.834. The highest BCUT2D eigenvalue weighted by Gasteiger charge is 2.30. The number of rotatable bonds is 3. The number of hydrogen-bond donors (Lipinski definition) is 1. The zero-order valence-electron chi connectivity index (χ0n) is 10.7. The number of benzene rings is 1. The highest BCUT2D eigenvalue weighted by atomic mass is 79.9. The first-order valence-corrected chi connectivity index (χ1v) is 7.54. The van der Waals surface area contributed by atoms with Crippen LogP contribution in [0.15, 0.2) is 22.7 Å². The summed E-state index contributed by atoms with van der Waals surface area (Å²) < 4.78 is 14.6. The third-order valence-corrected chi connectivity index (χ3v) is 4.47. The Morgan fingerprint density at radius 1 is 1.32 bits per heavy atom. The van der Waals surface area contributed by atoms with E-state index in [1.807, 2.05) is 6.07 Å². The maximum Gasteiger partial charge on any atom is 0.306 e. The van der Waals surface area contributed by atoms with Gasteiger partial charge in [0.1, 0.15) is 5.82 Å². The molecule has 1 N–H and O–H groups in total. The second kappa shape index (κ2) is 6.51. The zero-order chi connectivity index (χ0) is 13.8. The summed E-state index contributed by atoms with van der Waals surface area (Å²) >= 11 is 3.23. The molecule has 0 radical (unpaired) electrons. The number of carbonyl (C=O) groups is 1. The molecule has 19 heavy (non-hydrogen) atoms. The van der Waals surface area contributed by atoms with Gasteiger partial charge in [-0.15, -0.1) is 0 Å². The van der Waals surface area contributed by atoms with Crippen LogP contribution < -0.4 is 0 Å². The van der Waals surface area contributed by atoms with Gasteiger partial charge in [0.2, 0.25) is 0 Å². The average molecular weight is 329 g/mol. The first-order chi connectivity index (χ1) is 9.08. The molecule has 0 aromatic heterocycles. The number of halogens is 2. The van der Waals surface area contributed by atoms with Crippen molar-refractivity contribution in [3.63, 3.8) is 0 Å². The summed E-state index contributed by atoms with van der Waals surface area (Å²) in [6.07, 6.45) is 5.23. The second-order valence-corrected chi connectivity index (χ2v) is 6.20. The minimum absolute atomic E-state index is 0.0516. The molecule has 0 saturated heterocycles. The molecule has 1 aliphatic rings. The Morgan fingerprint density at radius 2 is 2.05 bits per heavy atom. The van der Waals surface area contributed by atoms with E-state index in [2.05, 4.69) is 15.9 Å². The summed E-state index contributed by atoms with van der Waals surface area (Å²) in [7, 11) is 0. The molecule has 1 aliphatic carbocycles. The van der Waals surface area contributed by atoms with Crippen LogP contribution in [0, 0.1) is 17.7 Å². The van der Waals surface area contributed by atoms with E-state index in [-0.39, 0.29) is 17.7 Å². The Hall–Kier alpha value is -0.900. The van der Waals surface area contributed by atoms with Crippen LogP contribution in [-0.2, 0) is 11.2 Å². The van der Waals surface area contributed by atoms with Crippen molar-refractivity contribution in [1.29, 1.82) is 0 Å². The minimum atomic E-state index is -0.732. The molecular formula is C15H18BrFO2. The summed E-state index contributed by atoms with van der Waals surface area (Å²) in [5.41, 5.74) is 0.626. The molecule has 0 amide bonds. The predicted octanol–water partition coefficient (Wildman–Crippen LogP) is 4.41. The van der Waals surface area contributed by atoms with Gasteiger partial charge in [-0.2, -0.15) is 0 Å². The van der Waals surface area contributed by atoms with Crippen LogP contribution in [-0.4, -0.2) is 11.1 Å². The highest BCUT2D eigenvalue weighted by molar-refractivity contribution is 9.10. The maximum atomic E-state index is 13.9. The molecule has 1 aromatic rings. The van der Waals surface area contributed by atoms with Crippen molar-refractivity contribution < 1.29 is 14.3 Å². The largest absolute Gasteiger partial charge is 0.481 e. The number of hydrogen-bond acceptors (Lipinski definition) is 1. The first kappa shape index (κ1) is 14.5. The molecule has 2 rings (SSSR count). The maximum absolute atomic E-state index is 13.9. The van der Waals surface area contributed by atoms with Gasteiger partial charge in [-0.3, -0.25) is 4.79 Å². The van der Waals surface area contributed by atoms with Gasteiger partial charge in [0.05, 0.1) is 5.92 Å². The molecule has 0 aliphatic heterocycles. The fourth-order valence-electron chi connectivity index (χ4n) is 2.92. The SMILES string of the molecule is O=C(O)C1CCCCCC1Cc1ccc(Br)cc1F. The van der Waals surface area contributed by atoms with Gasteiger partial charge in [-0.1, -0.05) is 41.3 Å². The summed E-state index contributed by atoms with van der Waals surface area (Å²) in [6.45, 7) is 0. The van der Waals surface area contributed by atoms with Gasteiger partial charge < -0.3 is 5.11 Å². The summed E-state index contributed by atoms with van der Waals surface area (Å²) in [5.74, 6) is -1.26. The number of carboxylic acid groups (broad SMARTS) is 1. The molecule has 1 fully saturated rings. The lowest BCUT2D eigenvalue weighted by Gasteiger charge is -2.21. The van der Waals surface area contributed by atoms with Crippen LogP contribution in [0.1, 0.15) is 37.7 Å². The van der Waals surface area contributed by atoms with Gasteiger partial charge in [0.25, 0.3) is 0 Å². The lowest BCUT2D eigenvalue weighted by Crippen LogP contribution is -2.24.